The summed E-state index contributed by atoms with van der Waals surface area (Å²) in [7, 11) is 1.54. The van der Waals surface area contributed by atoms with Crippen molar-refractivity contribution in [2.75, 3.05) is 46.5 Å². The highest BCUT2D eigenvalue weighted by Crippen LogP contribution is 2.45. The molecule has 0 bridgehead atoms. The molecule has 0 unspecified atom stereocenters. The molecule has 3 aliphatic carbocycles. The molecular weight excluding hydrogens is 412 g/mol. The van der Waals surface area contributed by atoms with Crippen LogP contribution in [-0.2, 0) is 14.3 Å². The number of likely N-dealkylation sites (tertiary alicyclic amines) is 1. The number of piperidine rings is 1. The molecule has 1 aromatic carbocycles. The van der Waals surface area contributed by atoms with Gasteiger partial charge < -0.3 is 19.7 Å². The summed E-state index contributed by atoms with van der Waals surface area (Å²) in [4.78, 5) is 14.9. The minimum atomic E-state index is -0.245. The number of nitrogens with one attached hydrogen (secondary N) is 1. The van der Waals surface area contributed by atoms with Crippen LogP contribution >= 0.6 is 0 Å². The van der Waals surface area contributed by atoms with E-state index in [0.29, 0.717) is 12.0 Å². The third-order valence-electron chi connectivity index (χ3n) is 9.12. The van der Waals surface area contributed by atoms with Gasteiger partial charge in [0, 0.05) is 37.1 Å². The van der Waals surface area contributed by atoms with E-state index in [-0.39, 0.29) is 16.8 Å². The number of benzene rings is 1. The molecule has 4 aliphatic rings. The number of ether oxygens (including phenoxy) is 2. The fourth-order valence-corrected chi connectivity index (χ4v) is 6.17. The Kier molecular flexibility index (Phi) is 7.10. The Hall–Kier alpha value is -1.43. The Morgan fingerprint density at radius 2 is 1.85 bits per heavy atom. The van der Waals surface area contributed by atoms with Gasteiger partial charge in [0.15, 0.2) is 0 Å². The smallest absolute Gasteiger partial charge is 0.313 e. The summed E-state index contributed by atoms with van der Waals surface area (Å²) in [6.07, 6.45) is 10.7. The average Bonchev–Trinajstić information content (AvgIpc) is 3.58. The number of carbonyl (C=O) groups is 1. The maximum absolute atomic E-state index is 12.4. The van der Waals surface area contributed by atoms with Gasteiger partial charge in [-0.25, -0.2) is 0 Å². The van der Waals surface area contributed by atoms with Crippen LogP contribution in [0.3, 0.4) is 0 Å². The summed E-state index contributed by atoms with van der Waals surface area (Å²) in [5.41, 5.74) is 1.43. The summed E-state index contributed by atoms with van der Waals surface area (Å²) in [5, 5.41) is 3.92. The zero-order valence-electron chi connectivity index (χ0n) is 20.4. The second-order valence-corrected chi connectivity index (χ2v) is 11.5. The molecule has 182 valence electrons. The fourth-order valence-electron chi connectivity index (χ4n) is 6.17. The lowest BCUT2D eigenvalue weighted by Crippen LogP contribution is -2.53. The standard InChI is InChI=1S/C28H42N2O3/c1-32-26(31)28(11-6-12-28)20-30-15-13-27(14-16-30,21-33-18-22-7-5-8-22)19-29-25-17-24(25)23-9-3-2-4-10-23/h2-4,9-10,22,24-25,29H,5-8,11-21H2,1H3/t24-,25+/m0/s1. The third kappa shape index (κ3) is 5.31. The quantitative estimate of drug-likeness (QED) is 0.503. The number of rotatable bonds is 11. The van der Waals surface area contributed by atoms with Crippen LogP contribution < -0.4 is 5.32 Å². The van der Waals surface area contributed by atoms with Crippen molar-refractivity contribution in [2.45, 2.75) is 69.7 Å². The number of carbonyl (C=O) groups excluding carboxylic acids is 1. The summed E-state index contributed by atoms with van der Waals surface area (Å²) >= 11 is 0. The van der Waals surface area contributed by atoms with E-state index in [0.717, 1.165) is 77.4 Å². The number of hydrogen-bond acceptors (Lipinski definition) is 5. The van der Waals surface area contributed by atoms with Gasteiger partial charge in [0.25, 0.3) is 0 Å². The fraction of sp³-hybridized carbons (Fsp3) is 0.750. The normalized spacial score (nSPS) is 28.5. The Labute approximate surface area is 199 Å². The zero-order valence-corrected chi connectivity index (χ0v) is 20.4. The van der Waals surface area contributed by atoms with Crippen molar-refractivity contribution < 1.29 is 14.3 Å². The van der Waals surface area contributed by atoms with Gasteiger partial charge in [-0.05, 0) is 69.5 Å². The monoisotopic (exact) mass is 454 g/mol. The second-order valence-electron chi connectivity index (χ2n) is 11.5. The predicted octanol–water partition coefficient (Wildman–Crippen LogP) is 4.37. The highest BCUT2D eigenvalue weighted by molar-refractivity contribution is 5.78. The van der Waals surface area contributed by atoms with Crippen LogP contribution in [0, 0.1) is 16.7 Å². The SMILES string of the molecule is COC(=O)C1(CN2CCC(CN[C@@H]3C[C@H]3c3ccccc3)(COCC3CCC3)CC2)CCC1. The van der Waals surface area contributed by atoms with E-state index >= 15 is 0 Å². The zero-order chi connectivity index (χ0) is 22.7. The van der Waals surface area contributed by atoms with Gasteiger partial charge in [0.05, 0.1) is 19.1 Å². The molecule has 1 N–H and O–H groups in total. The molecule has 1 aliphatic heterocycles. The van der Waals surface area contributed by atoms with Crippen molar-refractivity contribution in [3.05, 3.63) is 35.9 Å². The van der Waals surface area contributed by atoms with Crippen molar-refractivity contribution >= 4 is 5.97 Å². The molecule has 0 radical (unpaired) electrons. The molecule has 5 nitrogen and oxygen atoms in total. The van der Waals surface area contributed by atoms with Crippen LogP contribution in [0.25, 0.3) is 0 Å². The summed E-state index contributed by atoms with van der Waals surface area (Å²) in [6.45, 7) is 5.83. The van der Waals surface area contributed by atoms with Gasteiger partial charge in [-0.3, -0.25) is 4.79 Å². The van der Waals surface area contributed by atoms with Gasteiger partial charge in [0.2, 0.25) is 0 Å². The van der Waals surface area contributed by atoms with Crippen molar-refractivity contribution in [3.63, 3.8) is 0 Å². The van der Waals surface area contributed by atoms with Gasteiger partial charge in [-0.1, -0.05) is 43.2 Å². The maximum Gasteiger partial charge on any atom is 0.313 e. The first-order valence-corrected chi connectivity index (χ1v) is 13.3. The highest BCUT2D eigenvalue weighted by atomic mass is 16.5. The van der Waals surface area contributed by atoms with Crippen LogP contribution in [0.1, 0.15) is 69.3 Å². The molecule has 5 heteroatoms. The van der Waals surface area contributed by atoms with E-state index in [9.17, 15) is 4.79 Å². The van der Waals surface area contributed by atoms with E-state index in [1.807, 2.05) is 0 Å². The second kappa shape index (κ2) is 10.1. The Bertz CT molecular complexity index is 782. The van der Waals surface area contributed by atoms with Gasteiger partial charge in [-0.2, -0.15) is 0 Å². The molecule has 0 amide bonds. The van der Waals surface area contributed by atoms with Crippen LogP contribution in [0.15, 0.2) is 30.3 Å². The van der Waals surface area contributed by atoms with Gasteiger partial charge in [0.1, 0.15) is 0 Å². The molecule has 0 spiro atoms. The largest absolute Gasteiger partial charge is 0.469 e. The van der Waals surface area contributed by atoms with E-state index in [1.54, 1.807) is 0 Å². The van der Waals surface area contributed by atoms with Crippen LogP contribution in [-0.4, -0.2) is 63.4 Å². The minimum absolute atomic E-state index is 0.00299. The van der Waals surface area contributed by atoms with E-state index < -0.39 is 0 Å². The van der Waals surface area contributed by atoms with Crippen molar-refractivity contribution in [2.24, 2.45) is 16.7 Å². The molecular formula is C28H42N2O3. The Morgan fingerprint density at radius 3 is 2.45 bits per heavy atom. The first kappa shape index (κ1) is 23.3. The lowest BCUT2D eigenvalue weighted by atomic mass is 9.68. The molecule has 5 rings (SSSR count). The Morgan fingerprint density at radius 1 is 1.09 bits per heavy atom. The predicted molar refractivity (Wildman–Crippen MR) is 130 cm³/mol. The van der Waals surface area contributed by atoms with Crippen LogP contribution in [0.5, 0.6) is 0 Å². The molecule has 2 atom stereocenters. The summed E-state index contributed by atoms with van der Waals surface area (Å²) in [5.74, 6) is 1.45. The summed E-state index contributed by atoms with van der Waals surface area (Å²) in [6, 6.07) is 11.5. The molecule has 0 aromatic heterocycles. The molecule has 4 fully saturated rings. The van der Waals surface area contributed by atoms with Crippen molar-refractivity contribution in [3.8, 4) is 0 Å². The van der Waals surface area contributed by atoms with E-state index in [2.05, 4.69) is 40.5 Å². The number of esters is 1. The van der Waals surface area contributed by atoms with Gasteiger partial charge in [-0.15, -0.1) is 0 Å². The lowest BCUT2D eigenvalue weighted by molar-refractivity contribution is -0.160. The highest BCUT2D eigenvalue weighted by Gasteiger charge is 2.48. The first-order chi connectivity index (χ1) is 16.1. The molecule has 3 saturated carbocycles. The first-order valence-electron chi connectivity index (χ1n) is 13.3. The van der Waals surface area contributed by atoms with Crippen LogP contribution in [0.4, 0.5) is 0 Å². The average molecular weight is 455 g/mol. The van der Waals surface area contributed by atoms with E-state index in [1.165, 1.54) is 38.4 Å². The molecule has 1 heterocycles. The van der Waals surface area contributed by atoms with Crippen molar-refractivity contribution in [1.29, 1.82) is 0 Å². The maximum atomic E-state index is 12.4. The number of nitrogens with zero attached hydrogens (tertiary/aromatic N) is 1. The lowest BCUT2D eigenvalue weighted by Gasteiger charge is -2.47. The topological polar surface area (TPSA) is 50.8 Å². The Balaban J connectivity index is 1.15. The third-order valence-corrected chi connectivity index (χ3v) is 9.12. The van der Waals surface area contributed by atoms with Crippen molar-refractivity contribution in [1.82, 2.24) is 10.2 Å². The number of hydrogen-bond donors (Lipinski definition) is 1. The van der Waals surface area contributed by atoms with Gasteiger partial charge >= 0.3 is 5.97 Å². The molecule has 1 aromatic rings. The van der Waals surface area contributed by atoms with E-state index in [4.69, 9.17) is 9.47 Å². The minimum Gasteiger partial charge on any atom is -0.469 e. The van der Waals surface area contributed by atoms with Crippen LogP contribution in [0.2, 0.25) is 0 Å². The molecule has 33 heavy (non-hydrogen) atoms. The molecule has 1 saturated heterocycles. The summed E-state index contributed by atoms with van der Waals surface area (Å²) < 4.78 is 11.5. The number of methoxy groups -OCH3 is 1.